The maximum atomic E-state index is 12.7. The number of unbranched alkanes of at least 4 members (excludes halogenated alkanes) is 4. The Hall–Kier alpha value is -4.05. The van der Waals surface area contributed by atoms with E-state index in [1.54, 1.807) is 4.57 Å². The van der Waals surface area contributed by atoms with Crippen LogP contribution in [0.4, 0.5) is 18.0 Å². The summed E-state index contributed by atoms with van der Waals surface area (Å²) in [5.41, 5.74) is 5.93. The molecule has 2 aromatic heterocycles. The van der Waals surface area contributed by atoms with Gasteiger partial charge in [0.25, 0.3) is 0 Å². The lowest BCUT2D eigenvalue weighted by Crippen LogP contribution is -2.36. The van der Waals surface area contributed by atoms with E-state index in [1.807, 2.05) is 111 Å². The van der Waals surface area contributed by atoms with Crippen LogP contribution in [0.25, 0.3) is 0 Å². The van der Waals surface area contributed by atoms with Crippen LogP contribution in [0.3, 0.4) is 0 Å². The Bertz CT molecular complexity index is 2400. The molecule has 2 aromatic carbocycles. The summed E-state index contributed by atoms with van der Waals surface area (Å²) < 4.78 is 49.0. The molecule has 0 saturated carbocycles. The minimum atomic E-state index is -4.64. The number of aldehydes is 1. The third-order valence-corrected chi connectivity index (χ3v) is 14.1. The normalized spacial score (nSPS) is 14.7. The van der Waals surface area contributed by atoms with Gasteiger partial charge in [-0.25, -0.2) is 4.79 Å². The first-order valence-corrected chi connectivity index (χ1v) is 28.2. The number of aromatic nitrogens is 2. The number of hydrogen-bond donors (Lipinski definition) is 1. The van der Waals surface area contributed by atoms with Crippen LogP contribution in [0.1, 0.15) is 172 Å². The van der Waals surface area contributed by atoms with Crippen molar-refractivity contribution in [3.8, 4) is 0 Å². The molecule has 76 heavy (non-hydrogen) atoms. The van der Waals surface area contributed by atoms with Gasteiger partial charge < -0.3 is 19.2 Å². The summed E-state index contributed by atoms with van der Waals surface area (Å²) in [4.78, 5) is 54.1. The molecule has 1 N–H and O–H groups in total. The van der Waals surface area contributed by atoms with Gasteiger partial charge >= 0.3 is 24.2 Å². The van der Waals surface area contributed by atoms with Crippen molar-refractivity contribution in [1.29, 1.82) is 0 Å². The highest BCUT2D eigenvalue weighted by Crippen LogP contribution is 2.38. The van der Waals surface area contributed by atoms with Gasteiger partial charge in [-0.05, 0) is 135 Å². The topological polar surface area (TPSA) is 123 Å². The van der Waals surface area contributed by atoms with Crippen LogP contribution in [0.5, 0.6) is 0 Å². The van der Waals surface area contributed by atoms with E-state index in [0.717, 1.165) is 130 Å². The molecule has 2 unspecified atom stereocenters. The molecule has 0 amide bonds. The van der Waals surface area contributed by atoms with Crippen molar-refractivity contribution in [2.45, 2.75) is 176 Å². The van der Waals surface area contributed by atoms with Gasteiger partial charge in [-0.2, -0.15) is 13.2 Å². The number of benzene rings is 2. The van der Waals surface area contributed by atoms with Crippen molar-refractivity contribution < 1.29 is 46.6 Å². The Morgan fingerprint density at radius 1 is 0.671 bits per heavy atom. The van der Waals surface area contributed by atoms with Crippen molar-refractivity contribution in [2.75, 3.05) is 31.6 Å². The second-order valence-corrected chi connectivity index (χ2v) is 22.9. The number of fused-ring (bicyclic) bond motifs is 2. The van der Waals surface area contributed by atoms with Gasteiger partial charge in [-0.3, -0.25) is 28.8 Å². The number of H-pyrrole nitrogens is 1. The minimum absolute atomic E-state index is 0.0884. The Balaban J connectivity index is 0.000000350. The number of halogens is 7. The molecule has 4 aromatic rings. The van der Waals surface area contributed by atoms with E-state index in [4.69, 9.17) is 65.4 Å². The standard InChI is InChI=1S/C30H43ClN2O4.C25H35ClN2O2.C2HF3O.CH2Cl2/c1-7-36-27(34)30(5,6)18-12-8-9-15-26(23-13-10-11-14-24(23)31)32-19-17-25-22(21-32)16-20-33(25)28(35)37-29(2,3)4;1-4-30-24(29)25(2,3)15-9-5-6-12-23(20-10-7-8-11-21(20)26)28-17-14-22-19(18-28)13-16-27-22;3-2(4,5)1-6;2-1-3/h10-11,13-14,16,20,26H,7-9,12,15,17-19,21H2,1-6H3;7-8,10-11,13,16,23,27H,4-6,9,12,14-15,17-18H2,1-3H3;1H;1H2. The molecule has 2 atom stereocenters. The van der Waals surface area contributed by atoms with Crippen LogP contribution >= 0.6 is 46.4 Å². The fraction of sp³-hybridized carbons (Fsp3) is 0.586. The molecule has 0 fully saturated rings. The number of carbonyl (C=O) groups is 4. The Labute approximate surface area is 469 Å². The van der Waals surface area contributed by atoms with Gasteiger partial charge in [-0.1, -0.05) is 98.1 Å². The predicted molar refractivity (Wildman–Crippen MR) is 299 cm³/mol. The maximum Gasteiger partial charge on any atom is 0.446 e. The van der Waals surface area contributed by atoms with Crippen LogP contribution in [0.15, 0.2) is 73.1 Å². The lowest BCUT2D eigenvalue weighted by molar-refractivity contribution is -0.156. The highest BCUT2D eigenvalue weighted by Gasteiger charge is 2.33. The fourth-order valence-corrected chi connectivity index (χ4v) is 9.97. The van der Waals surface area contributed by atoms with E-state index in [1.165, 1.54) is 16.8 Å². The number of aromatic amines is 1. The molecule has 0 saturated heterocycles. The fourth-order valence-electron chi connectivity index (χ4n) is 9.44. The number of rotatable bonds is 20. The van der Waals surface area contributed by atoms with Gasteiger partial charge in [0.2, 0.25) is 6.29 Å². The predicted octanol–water partition coefficient (Wildman–Crippen LogP) is 16.0. The average Bonchev–Trinajstić information content (AvgIpc) is 4.02. The highest BCUT2D eigenvalue weighted by molar-refractivity contribution is 6.40. The summed E-state index contributed by atoms with van der Waals surface area (Å²) >= 11 is 22.8. The molecule has 0 radical (unpaired) electrons. The van der Waals surface area contributed by atoms with Crippen molar-refractivity contribution in [3.63, 3.8) is 0 Å². The lowest BCUT2D eigenvalue weighted by atomic mass is 9.86. The number of ether oxygens (including phenoxy) is 3. The first-order valence-electron chi connectivity index (χ1n) is 26.4. The summed E-state index contributed by atoms with van der Waals surface area (Å²) in [5.74, 6) is -0.207. The summed E-state index contributed by atoms with van der Waals surface area (Å²) in [6.07, 6.45) is 9.71. The Morgan fingerprint density at radius 2 is 1.12 bits per heavy atom. The second-order valence-electron chi connectivity index (χ2n) is 21.3. The number of carbonyl (C=O) groups excluding carboxylic acids is 4. The lowest BCUT2D eigenvalue weighted by Gasteiger charge is -2.36. The minimum Gasteiger partial charge on any atom is -0.466 e. The zero-order valence-corrected chi connectivity index (χ0v) is 49.0. The highest BCUT2D eigenvalue weighted by atomic mass is 35.5. The SMILES string of the molecule is CCOC(=O)C(C)(C)CCCCCC(c1ccccc1Cl)N1CCc2[nH]ccc2C1.CCOC(=O)C(C)(C)CCCCCC(c1ccccc1Cl)N1CCc2c(ccn2C(=O)OC(C)(C)C)C1.ClCCl.O=CC(F)(F)F. The van der Waals surface area contributed by atoms with Crippen molar-refractivity contribution in [3.05, 3.63) is 117 Å². The molecule has 0 bridgehead atoms. The molecule has 4 heterocycles. The zero-order valence-electron chi connectivity index (χ0n) is 45.9. The van der Waals surface area contributed by atoms with E-state index in [9.17, 15) is 27.6 Å². The molecule has 6 rings (SSSR count). The average molecular weight is 1150 g/mol. The number of nitrogens with one attached hydrogen (secondary N) is 1. The van der Waals surface area contributed by atoms with Gasteiger partial charge in [0.15, 0.2) is 0 Å². The second kappa shape index (κ2) is 32.1. The number of esters is 2. The quantitative estimate of drug-likeness (QED) is 0.0303. The van der Waals surface area contributed by atoms with Gasteiger partial charge in [-0.15, -0.1) is 23.2 Å². The third-order valence-electron chi connectivity index (χ3n) is 13.4. The van der Waals surface area contributed by atoms with Crippen LogP contribution in [0.2, 0.25) is 10.0 Å². The third kappa shape index (κ3) is 22.0. The molecular formula is C58H81Cl4F3N4O7. The Morgan fingerprint density at radius 3 is 1.55 bits per heavy atom. The first kappa shape index (κ1) is 66.2. The number of nitrogens with zero attached hydrogens (tertiary/aromatic N) is 3. The van der Waals surface area contributed by atoms with E-state index in [-0.39, 0.29) is 29.4 Å². The smallest absolute Gasteiger partial charge is 0.446 e. The molecule has 0 spiro atoms. The van der Waals surface area contributed by atoms with Gasteiger partial charge in [0.1, 0.15) is 5.60 Å². The molecule has 2 aliphatic rings. The monoisotopic (exact) mass is 1140 g/mol. The summed E-state index contributed by atoms with van der Waals surface area (Å²) in [5, 5.41) is 1.83. The summed E-state index contributed by atoms with van der Waals surface area (Å²) in [7, 11) is 0. The van der Waals surface area contributed by atoms with Gasteiger partial charge in [0.05, 0.1) is 29.4 Å². The van der Waals surface area contributed by atoms with Crippen molar-refractivity contribution in [1.82, 2.24) is 19.4 Å². The van der Waals surface area contributed by atoms with Gasteiger partial charge in [0, 0.05) is 84.9 Å². The molecule has 18 heteroatoms. The Kier molecular flexibility index (Phi) is 28.0. The zero-order chi connectivity index (χ0) is 56.7. The molecule has 0 aliphatic carbocycles. The summed E-state index contributed by atoms with van der Waals surface area (Å²) in [6.45, 7) is 21.7. The van der Waals surface area contributed by atoms with E-state index < -0.39 is 28.9 Å². The van der Waals surface area contributed by atoms with Crippen LogP contribution in [-0.4, -0.2) is 87.1 Å². The molecule has 11 nitrogen and oxygen atoms in total. The number of hydrogen-bond acceptors (Lipinski definition) is 9. The van der Waals surface area contributed by atoms with Crippen LogP contribution in [-0.2, 0) is 54.5 Å². The summed E-state index contributed by atoms with van der Waals surface area (Å²) in [6, 6.07) is 21.1. The van der Waals surface area contributed by atoms with E-state index in [0.29, 0.717) is 19.3 Å². The molecule has 2 aliphatic heterocycles. The largest absolute Gasteiger partial charge is 0.466 e. The van der Waals surface area contributed by atoms with E-state index >= 15 is 0 Å². The number of alkyl halides is 5. The van der Waals surface area contributed by atoms with E-state index in [2.05, 4.69) is 39.0 Å². The molecule has 424 valence electrons. The van der Waals surface area contributed by atoms with Crippen LogP contribution in [0, 0.1) is 10.8 Å². The molecular weight excluding hydrogens is 1060 g/mol. The van der Waals surface area contributed by atoms with Crippen molar-refractivity contribution >= 4 is 70.7 Å². The maximum absolute atomic E-state index is 12.7. The first-order chi connectivity index (χ1) is 35.8. The van der Waals surface area contributed by atoms with Crippen LogP contribution < -0.4 is 0 Å². The van der Waals surface area contributed by atoms with Crippen molar-refractivity contribution in [2.24, 2.45) is 10.8 Å².